The lowest BCUT2D eigenvalue weighted by molar-refractivity contribution is -0.139. The fraction of sp³-hybridized carbons (Fsp3) is 0.192. The van der Waals surface area contributed by atoms with E-state index in [2.05, 4.69) is 31.2 Å². The van der Waals surface area contributed by atoms with E-state index in [4.69, 9.17) is 0 Å². The van der Waals surface area contributed by atoms with E-state index in [1.54, 1.807) is 43.3 Å². The minimum atomic E-state index is -0.618. The Morgan fingerprint density at radius 1 is 0.431 bits per heavy atom. The van der Waals surface area contributed by atoms with Crippen molar-refractivity contribution in [3.63, 3.8) is 0 Å². The predicted octanol–water partition coefficient (Wildman–Crippen LogP) is 6.34. The molecule has 0 unspecified atom stereocenters. The fourth-order valence-electron chi connectivity index (χ4n) is 10.7. The largest absolute Gasteiger partial charge is 0.347 e. The van der Waals surface area contributed by atoms with E-state index in [-0.39, 0.29) is 67.3 Å². The van der Waals surface area contributed by atoms with Crippen molar-refractivity contribution < 1.29 is 28.8 Å². The Kier molecular flexibility index (Phi) is 9.56. The first-order valence-corrected chi connectivity index (χ1v) is 21.8. The summed E-state index contributed by atoms with van der Waals surface area (Å²) in [4.78, 5) is 94.1. The molecule has 6 aliphatic rings. The molecule has 3 aliphatic heterocycles. The van der Waals surface area contributed by atoms with Gasteiger partial charge in [0.15, 0.2) is 0 Å². The molecule has 7 aromatic rings. The molecule has 2 aromatic heterocycles. The van der Waals surface area contributed by atoms with Gasteiger partial charge in [-0.25, -0.2) is 9.97 Å². The van der Waals surface area contributed by atoms with Gasteiger partial charge in [-0.05, 0) is 96.9 Å². The fourth-order valence-corrected chi connectivity index (χ4v) is 10.7. The van der Waals surface area contributed by atoms with Gasteiger partial charge >= 0.3 is 0 Å². The van der Waals surface area contributed by atoms with Crippen LogP contribution in [0.15, 0.2) is 121 Å². The lowest BCUT2D eigenvalue weighted by atomic mass is 9.58. The van der Waals surface area contributed by atoms with Gasteiger partial charge in [-0.1, -0.05) is 97.1 Å². The molecule has 13 rings (SSSR count). The standard InChI is InChI=1S/C52H41N7O6/c1-2-59-51(64)45-33-21-22-34(46(45)52(59)65)44-38-26-56-50(63)42-20-10-18-40(58-42)48(61)54-24-36-28-12-4-3-11-27(28)35(29-13-5-6-14-30(29)36)23-53-47(60)39-17-9-19-41(57-39)49(62)55-25-37(43(33)44)31-15-7-8-16-32(31)38/h3-22,33-34,45-46H,2,23-26H2,1H3,(H,53,60)(H,54,61)(H,55,62)(H,56,63)/t33-,34+,45+,46-. The van der Waals surface area contributed by atoms with Crippen LogP contribution >= 0.6 is 0 Å². The van der Waals surface area contributed by atoms with Gasteiger partial charge in [-0.3, -0.25) is 33.7 Å². The molecule has 13 heteroatoms. The molecule has 1 saturated heterocycles. The van der Waals surface area contributed by atoms with Gasteiger partial charge in [0.05, 0.1) is 11.8 Å². The third-order valence-electron chi connectivity index (χ3n) is 13.6. The Hall–Kier alpha value is -8.06. The summed E-state index contributed by atoms with van der Waals surface area (Å²) in [5.41, 5.74) is 5.23. The number of carbonyl (C=O) groups excluding carboxylic acids is 6. The van der Waals surface area contributed by atoms with Crippen molar-refractivity contribution in [1.29, 1.82) is 0 Å². The van der Waals surface area contributed by atoms with E-state index in [1.807, 2.05) is 84.9 Å². The van der Waals surface area contributed by atoms with Gasteiger partial charge in [0, 0.05) is 44.6 Å². The summed E-state index contributed by atoms with van der Waals surface area (Å²) in [6.07, 6.45) is 4.01. The van der Waals surface area contributed by atoms with Gasteiger partial charge in [0.1, 0.15) is 22.8 Å². The minimum Gasteiger partial charge on any atom is -0.347 e. The molecular weight excluding hydrogens is 819 g/mol. The molecule has 5 heterocycles. The van der Waals surface area contributed by atoms with Crippen LogP contribution in [0.5, 0.6) is 0 Å². The highest BCUT2D eigenvalue weighted by Crippen LogP contribution is 2.58. The number of rotatable bonds is 1. The first-order chi connectivity index (χ1) is 31.7. The number of nitrogens with zero attached hydrogens (tertiary/aromatic N) is 3. The molecule has 3 aliphatic carbocycles. The van der Waals surface area contributed by atoms with Crippen LogP contribution in [-0.4, -0.2) is 56.9 Å². The monoisotopic (exact) mass is 859 g/mol. The van der Waals surface area contributed by atoms with Crippen LogP contribution < -0.4 is 21.3 Å². The molecule has 0 saturated carbocycles. The number of fused-ring (bicyclic) bond motifs is 9. The molecule has 320 valence electrons. The SMILES string of the molecule is CCN1C(=O)[C@@H]2[C@H](C1=O)[C@H]1C=C[C@@H]2c2c1c1c3ccccc3c2CNC(=O)c2cccc(n2)C(=O)NCc2c3ccccc3c(c3ccccc23)CNC(=O)c2cccc(n2)C(=O)NC1. The Morgan fingerprint density at radius 2 is 0.723 bits per heavy atom. The van der Waals surface area contributed by atoms with Gasteiger partial charge in [0.25, 0.3) is 23.6 Å². The minimum absolute atomic E-state index is 0.0493. The molecule has 4 N–H and O–H groups in total. The quantitative estimate of drug-likeness (QED) is 0.0839. The molecular formula is C52H41N7O6. The van der Waals surface area contributed by atoms with Crippen LogP contribution in [0.3, 0.4) is 0 Å². The number of nitrogens with one attached hydrogen (secondary N) is 4. The number of benzene rings is 5. The molecule has 13 nitrogen and oxygen atoms in total. The van der Waals surface area contributed by atoms with E-state index in [1.165, 1.54) is 4.90 Å². The smallest absolute Gasteiger partial charge is 0.270 e. The second-order valence-electron chi connectivity index (χ2n) is 16.8. The van der Waals surface area contributed by atoms with Gasteiger partial charge in [-0.15, -0.1) is 0 Å². The number of carbonyl (C=O) groups is 6. The molecule has 4 atom stereocenters. The second kappa shape index (κ2) is 15.6. The molecule has 0 radical (unpaired) electrons. The lowest BCUT2D eigenvalue weighted by Crippen LogP contribution is -2.39. The van der Waals surface area contributed by atoms with Crippen molar-refractivity contribution in [1.82, 2.24) is 36.1 Å². The Bertz CT molecular complexity index is 3020. The zero-order chi connectivity index (χ0) is 44.5. The summed E-state index contributed by atoms with van der Waals surface area (Å²) >= 11 is 0. The number of imide groups is 1. The number of aromatic nitrogens is 2. The highest BCUT2D eigenvalue weighted by Gasteiger charge is 2.59. The third-order valence-corrected chi connectivity index (χ3v) is 13.6. The molecule has 65 heavy (non-hydrogen) atoms. The van der Waals surface area contributed by atoms with Crippen molar-refractivity contribution in [3.8, 4) is 0 Å². The summed E-state index contributed by atoms with van der Waals surface area (Å²) < 4.78 is 0. The van der Waals surface area contributed by atoms with E-state index in [0.717, 1.165) is 65.7 Å². The summed E-state index contributed by atoms with van der Waals surface area (Å²) in [5, 5.41) is 17.4. The first-order valence-electron chi connectivity index (χ1n) is 21.8. The molecule has 6 amide bonds. The average Bonchev–Trinajstić information content (AvgIpc) is 3.62. The zero-order valence-electron chi connectivity index (χ0n) is 35.2. The van der Waals surface area contributed by atoms with Crippen LogP contribution in [-0.2, 0) is 35.8 Å². The van der Waals surface area contributed by atoms with Gasteiger partial charge in [0.2, 0.25) is 11.8 Å². The number of allylic oxidation sites excluding steroid dienone is 2. The average molecular weight is 860 g/mol. The summed E-state index contributed by atoms with van der Waals surface area (Å²) in [5.74, 6) is -4.54. The summed E-state index contributed by atoms with van der Waals surface area (Å²) in [6, 6.07) is 32.8. The molecule has 5 aromatic carbocycles. The van der Waals surface area contributed by atoms with Crippen molar-refractivity contribution in [3.05, 3.63) is 178 Å². The van der Waals surface area contributed by atoms with Crippen LogP contribution in [0.4, 0.5) is 0 Å². The maximum absolute atomic E-state index is 14.1. The number of amides is 6. The van der Waals surface area contributed by atoms with E-state index in [0.29, 0.717) is 0 Å². The molecule has 0 spiro atoms. The van der Waals surface area contributed by atoms with Gasteiger partial charge < -0.3 is 21.3 Å². The Morgan fingerprint density at radius 3 is 1.03 bits per heavy atom. The highest BCUT2D eigenvalue weighted by molar-refractivity contribution is 6.09. The number of hydrogen-bond donors (Lipinski definition) is 4. The Labute approximate surface area is 372 Å². The molecule has 1 fully saturated rings. The predicted molar refractivity (Wildman–Crippen MR) is 243 cm³/mol. The number of hydrogen-bond acceptors (Lipinski definition) is 8. The second-order valence-corrected chi connectivity index (χ2v) is 16.8. The first kappa shape index (κ1) is 39.8. The normalized spacial score (nSPS) is 20.8. The molecule has 10 bridgehead atoms. The lowest BCUT2D eigenvalue weighted by Gasteiger charge is -2.43. The highest BCUT2D eigenvalue weighted by atomic mass is 16.2. The zero-order valence-corrected chi connectivity index (χ0v) is 35.2. The summed E-state index contributed by atoms with van der Waals surface area (Å²) in [7, 11) is 0. The van der Waals surface area contributed by atoms with Crippen molar-refractivity contribution in [2.45, 2.75) is 44.9 Å². The van der Waals surface area contributed by atoms with Crippen LogP contribution in [0.25, 0.3) is 32.3 Å². The van der Waals surface area contributed by atoms with Crippen LogP contribution in [0.2, 0.25) is 0 Å². The van der Waals surface area contributed by atoms with E-state index < -0.39 is 47.3 Å². The van der Waals surface area contributed by atoms with Crippen molar-refractivity contribution in [2.24, 2.45) is 11.8 Å². The maximum Gasteiger partial charge on any atom is 0.270 e. The van der Waals surface area contributed by atoms with Crippen molar-refractivity contribution in [2.75, 3.05) is 6.54 Å². The van der Waals surface area contributed by atoms with Gasteiger partial charge in [-0.2, -0.15) is 0 Å². The topological polar surface area (TPSA) is 180 Å². The van der Waals surface area contributed by atoms with E-state index >= 15 is 0 Å². The third kappa shape index (κ3) is 6.36. The Balaban J connectivity index is 1.03. The van der Waals surface area contributed by atoms with Crippen LogP contribution in [0, 0.1) is 11.8 Å². The van der Waals surface area contributed by atoms with Crippen LogP contribution in [0.1, 0.15) is 94.1 Å². The number of pyridine rings is 2. The summed E-state index contributed by atoms with van der Waals surface area (Å²) in [6.45, 7) is 2.45. The van der Waals surface area contributed by atoms with E-state index in [9.17, 15) is 28.8 Å². The number of likely N-dealkylation sites (tertiary alicyclic amines) is 1. The maximum atomic E-state index is 14.1. The van der Waals surface area contributed by atoms with Crippen molar-refractivity contribution >= 4 is 67.8 Å².